The number of rotatable bonds is 6. The van der Waals surface area contributed by atoms with E-state index in [1.165, 1.54) is 31.4 Å². The standard InChI is InChI=1S/C17H28N2O/c1-14(2)18-11-17-5-3-4-10-19(17)12-15-6-8-16(13-20)9-7-15/h6-9,14,17-18,20H,3-5,10-13H2,1-2H3. The van der Waals surface area contributed by atoms with Crippen molar-refractivity contribution in [2.24, 2.45) is 0 Å². The smallest absolute Gasteiger partial charge is 0.0681 e. The summed E-state index contributed by atoms with van der Waals surface area (Å²) in [4.78, 5) is 2.60. The molecule has 0 aliphatic carbocycles. The molecule has 1 heterocycles. The molecule has 2 N–H and O–H groups in total. The number of nitrogens with zero attached hydrogens (tertiary/aromatic N) is 1. The first-order valence-corrected chi connectivity index (χ1v) is 7.85. The Balaban J connectivity index is 1.93. The second kappa shape index (κ2) is 7.77. The van der Waals surface area contributed by atoms with Crippen molar-refractivity contribution in [1.29, 1.82) is 0 Å². The minimum absolute atomic E-state index is 0.130. The van der Waals surface area contributed by atoms with E-state index >= 15 is 0 Å². The third-order valence-corrected chi connectivity index (χ3v) is 4.10. The molecular weight excluding hydrogens is 248 g/mol. The quantitative estimate of drug-likeness (QED) is 0.838. The maximum absolute atomic E-state index is 9.10. The summed E-state index contributed by atoms with van der Waals surface area (Å²) in [6.45, 7) is 7.86. The van der Waals surface area contributed by atoms with Gasteiger partial charge in [0, 0.05) is 25.2 Å². The molecule has 0 amide bonds. The highest BCUT2D eigenvalue weighted by Gasteiger charge is 2.22. The molecule has 1 aromatic carbocycles. The van der Waals surface area contributed by atoms with Crippen LogP contribution in [0.2, 0.25) is 0 Å². The van der Waals surface area contributed by atoms with Crippen LogP contribution in [0.1, 0.15) is 44.2 Å². The lowest BCUT2D eigenvalue weighted by Gasteiger charge is -2.36. The number of benzene rings is 1. The molecule has 1 fully saturated rings. The van der Waals surface area contributed by atoms with Crippen molar-refractivity contribution < 1.29 is 5.11 Å². The normalized spacial score (nSPS) is 20.5. The molecular formula is C17H28N2O. The van der Waals surface area contributed by atoms with Gasteiger partial charge >= 0.3 is 0 Å². The predicted octanol–water partition coefficient (Wildman–Crippen LogP) is 2.53. The maximum Gasteiger partial charge on any atom is 0.0681 e. The van der Waals surface area contributed by atoms with E-state index in [-0.39, 0.29) is 6.61 Å². The van der Waals surface area contributed by atoms with Gasteiger partial charge in [0.2, 0.25) is 0 Å². The average molecular weight is 276 g/mol. The molecule has 3 nitrogen and oxygen atoms in total. The lowest BCUT2D eigenvalue weighted by molar-refractivity contribution is 0.135. The van der Waals surface area contributed by atoms with Gasteiger partial charge in [-0.2, -0.15) is 0 Å². The van der Waals surface area contributed by atoms with E-state index in [0.717, 1.165) is 18.7 Å². The van der Waals surface area contributed by atoms with E-state index in [4.69, 9.17) is 5.11 Å². The molecule has 112 valence electrons. The Bertz CT molecular complexity index is 388. The summed E-state index contributed by atoms with van der Waals surface area (Å²) in [5, 5.41) is 12.7. The number of hydrogen-bond donors (Lipinski definition) is 2. The van der Waals surface area contributed by atoms with Crippen molar-refractivity contribution in [2.75, 3.05) is 13.1 Å². The van der Waals surface area contributed by atoms with Crippen LogP contribution in [-0.4, -0.2) is 35.2 Å². The van der Waals surface area contributed by atoms with Gasteiger partial charge in [-0.1, -0.05) is 44.5 Å². The Kier molecular flexibility index (Phi) is 6.02. The van der Waals surface area contributed by atoms with Gasteiger partial charge in [0.15, 0.2) is 0 Å². The SMILES string of the molecule is CC(C)NCC1CCCCN1Cc1ccc(CO)cc1. The molecule has 1 aromatic rings. The first kappa shape index (κ1) is 15.5. The third kappa shape index (κ3) is 4.58. The van der Waals surface area contributed by atoms with Crippen molar-refractivity contribution in [2.45, 2.75) is 58.3 Å². The lowest BCUT2D eigenvalue weighted by Crippen LogP contribution is -2.46. The van der Waals surface area contributed by atoms with Gasteiger partial charge in [-0.3, -0.25) is 4.90 Å². The van der Waals surface area contributed by atoms with Crippen LogP contribution in [0, 0.1) is 0 Å². The van der Waals surface area contributed by atoms with E-state index in [1.807, 2.05) is 12.1 Å². The van der Waals surface area contributed by atoms with Gasteiger partial charge in [0.05, 0.1) is 6.61 Å². The van der Waals surface area contributed by atoms with E-state index < -0.39 is 0 Å². The number of piperidine rings is 1. The highest BCUT2D eigenvalue weighted by Crippen LogP contribution is 2.19. The predicted molar refractivity (Wildman–Crippen MR) is 83.6 cm³/mol. The number of nitrogens with one attached hydrogen (secondary N) is 1. The molecule has 0 saturated carbocycles. The average Bonchev–Trinajstić information content (AvgIpc) is 2.47. The van der Waals surface area contributed by atoms with Crippen molar-refractivity contribution >= 4 is 0 Å². The fraction of sp³-hybridized carbons (Fsp3) is 0.647. The zero-order valence-electron chi connectivity index (χ0n) is 12.8. The second-order valence-electron chi connectivity index (χ2n) is 6.16. The minimum atomic E-state index is 0.130. The highest BCUT2D eigenvalue weighted by molar-refractivity contribution is 5.22. The molecule has 1 atom stereocenters. The fourth-order valence-corrected chi connectivity index (χ4v) is 2.86. The Hall–Kier alpha value is -0.900. The monoisotopic (exact) mass is 276 g/mol. The third-order valence-electron chi connectivity index (χ3n) is 4.10. The highest BCUT2D eigenvalue weighted by atomic mass is 16.3. The molecule has 3 heteroatoms. The fourth-order valence-electron chi connectivity index (χ4n) is 2.86. The second-order valence-corrected chi connectivity index (χ2v) is 6.16. The molecule has 0 bridgehead atoms. The summed E-state index contributed by atoms with van der Waals surface area (Å²) < 4.78 is 0. The van der Waals surface area contributed by atoms with Crippen LogP contribution >= 0.6 is 0 Å². The van der Waals surface area contributed by atoms with E-state index in [0.29, 0.717) is 12.1 Å². The van der Waals surface area contributed by atoms with Crippen LogP contribution < -0.4 is 5.32 Å². The summed E-state index contributed by atoms with van der Waals surface area (Å²) in [5.74, 6) is 0. The summed E-state index contributed by atoms with van der Waals surface area (Å²) in [5.41, 5.74) is 2.34. The summed E-state index contributed by atoms with van der Waals surface area (Å²) in [6, 6.07) is 9.56. The molecule has 1 aliphatic rings. The molecule has 1 aliphatic heterocycles. The Morgan fingerprint density at radius 3 is 2.55 bits per heavy atom. The van der Waals surface area contributed by atoms with Crippen LogP contribution in [0.15, 0.2) is 24.3 Å². The van der Waals surface area contributed by atoms with Crippen LogP contribution in [0.4, 0.5) is 0 Å². The van der Waals surface area contributed by atoms with Gasteiger partial charge < -0.3 is 10.4 Å². The maximum atomic E-state index is 9.10. The number of aliphatic hydroxyl groups excluding tert-OH is 1. The van der Waals surface area contributed by atoms with Crippen molar-refractivity contribution in [3.8, 4) is 0 Å². The number of likely N-dealkylation sites (tertiary alicyclic amines) is 1. The van der Waals surface area contributed by atoms with Crippen molar-refractivity contribution in [3.05, 3.63) is 35.4 Å². The van der Waals surface area contributed by atoms with Gasteiger partial charge in [-0.05, 0) is 30.5 Å². The molecule has 0 radical (unpaired) electrons. The Labute approximate surface area is 123 Å². The topological polar surface area (TPSA) is 35.5 Å². The van der Waals surface area contributed by atoms with Gasteiger partial charge in [0.25, 0.3) is 0 Å². The number of hydrogen-bond acceptors (Lipinski definition) is 3. The molecule has 1 unspecified atom stereocenters. The van der Waals surface area contributed by atoms with Gasteiger partial charge in [-0.15, -0.1) is 0 Å². The summed E-state index contributed by atoms with van der Waals surface area (Å²) >= 11 is 0. The van der Waals surface area contributed by atoms with Gasteiger partial charge in [0.1, 0.15) is 0 Å². The zero-order valence-corrected chi connectivity index (χ0v) is 12.8. The van der Waals surface area contributed by atoms with Crippen molar-refractivity contribution in [1.82, 2.24) is 10.2 Å². The molecule has 2 rings (SSSR count). The van der Waals surface area contributed by atoms with E-state index in [9.17, 15) is 0 Å². The molecule has 20 heavy (non-hydrogen) atoms. The lowest BCUT2D eigenvalue weighted by atomic mass is 10.0. The summed E-state index contributed by atoms with van der Waals surface area (Å²) in [6.07, 6.45) is 3.96. The largest absolute Gasteiger partial charge is 0.392 e. The molecule has 1 saturated heterocycles. The first-order chi connectivity index (χ1) is 9.69. The molecule has 0 spiro atoms. The molecule has 0 aromatic heterocycles. The van der Waals surface area contributed by atoms with Crippen LogP contribution in [0.5, 0.6) is 0 Å². The first-order valence-electron chi connectivity index (χ1n) is 7.85. The zero-order chi connectivity index (χ0) is 14.4. The minimum Gasteiger partial charge on any atom is -0.392 e. The number of aliphatic hydroxyl groups is 1. The Morgan fingerprint density at radius 1 is 1.20 bits per heavy atom. The van der Waals surface area contributed by atoms with E-state index in [1.54, 1.807) is 0 Å². The van der Waals surface area contributed by atoms with Gasteiger partial charge in [-0.25, -0.2) is 0 Å². The van der Waals surface area contributed by atoms with Crippen LogP contribution in [0.25, 0.3) is 0 Å². The van der Waals surface area contributed by atoms with Crippen LogP contribution in [-0.2, 0) is 13.2 Å². The Morgan fingerprint density at radius 2 is 1.90 bits per heavy atom. The van der Waals surface area contributed by atoms with Crippen LogP contribution in [0.3, 0.4) is 0 Å². The summed E-state index contributed by atoms with van der Waals surface area (Å²) in [7, 11) is 0. The van der Waals surface area contributed by atoms with Crippen molar-refractivity contribution in [3.63, 3.8) is 0 Å². The van der Waals surface area contributed by atoms with E-state index in [2.05, 4.69) is 36.2 Å².